The van der Waals surface area contributed by atoms with Gasteiger partial charge >= 0.3 is 0 Å². The summed E-state index contributed by atoms with van der Waals surface area (Å²) in [6.07, 6.45) is 2.22. The molecule has 1 heterocycles. The lowest BCUT2D eigenvalue weighted by atomic mass is 9.63. The SMILES string of the molecule is CC1(C)CC(=O)C2=C(C1)N(Cc1ccccc1)C1=C(C(=O)CC(C)(C)C1)C2c1ccccc1OCC(=O)Nc1ccccc1Cl. The highest BCUT2D eigenvalue weighted by Crippen LogP contribution is 2.55. The third-order valence-electron chi connectivity index (χ3n) is 8.94. The number of amides is 1. The predicted molar refractivity (Wildman–Crippen MR) is 177 cm³/mol. The van der Waals surface area contributed by atoms with Crippen molar-refractivity contribution in [3.63, 3.8) is 0 Å². The molecule has 0 unspecified atom stereocenters. The minimum atomic E-state index is -0.572. The van der Waals surface area contributed by atoms with Crippen molar-refractivity contribution >= 4 is 34.8 Å². The minimum Gasteiger partial charge on any atom is -0.483 e. The number of carbonyl (C=O) groups excluding carboxylic acids is 3. The Morgan fingerprint density at radius 2 is 1.36 bits per heavy atom. The van der Waals surface area contributed by atoms with Crippen LogP contribution in [0.25, 0.3) is 0 Å². The van der Waals surface area contributed by atoms with E-state index in [2.05, 4.69) is 50.0 Å². The Morgan fingerprint density at radius 1 is 0.800 bits per heavy atom. The third-order valence-corrected chi connectivity index (χ3v) is 9.27. The van der Waals surface area contributed by atoms with Gasteiger partial charge in [-0.3, -0.25) is 14.4 Å². The molecular weight excluding hydrogens is 584 g/mol. The number of benzene rings is 3. The molecule has 2 aliphatic carbocycles. The Kier molecular flexibility index (Phi) is 8.21. The van der Waals surface area contributed by atoms with Crippen LogP contribution in [0.4, 0.5) is 5.69 Å². The lowest BCUT2D eigenvalue weighted by Gasteiger charge is -2.49. The molecule has 6 rings (SSSR count). The van der Waals surface area contributed by atoms with Crippen LogP contribution in [0.2, 0.25) is 5.02 Å². The van der Waals surface area contributed by atoms with Gasteiger partial charge in [0.05, 0.1) is 10.7 Å². The molecule has 1 aliphatic heterocycles. The molecule has 0 saturated carbocycles. The van der Waals surface area contributed by atoms with Gasteiger partial charge in [0.2, 0.25) is 0 Å². The zero-order valence-corrected chi connectivity index (χ0v) is 27.0. The molecule has 1 amide bonds. The van der Waals surface area contributed by atoms with E-state index in [0.717, 1.165) is 22.5 Å². The van der Waals surface area contributed by atoms with Gasteiger partial charge in [-0.05, 0) is 47.4 Å². The highest BCUT2D eigenvalue weighted by Gasteiger charge is 2.49. The van der Waals surface area contributed by atoms with Crippen molar-refractivity contribution < 1.29 is 19.1 Å². The Hall–Kier alpha value is -4.16. The molecule has 0 fully saturated rings. The third kappa shape index (κ3) is 6.34. The molecule has 6 nitrogen and oxygen atoms in total. The van der Waals surface area contributed by atoms with E-state index in [1.54, 1.807) is 24.3 Å². The number of rotatable bonds is 7. The number of hydrogen-bond acceptors (Lipinski definition) is 5. The fourth-order valence-corrected chi connectivity index (χ4v) is 7.24. The molecule has 0 saturated heterocycles. The molecule has 0 spiro atoms. The summed E-state index contributed by atoms with van der Waals surface area (Å²) in [5.41, 5.74) is 5.21. The molecule has 0 bridgehead atoms. The van der Waals surface area contributed by atoms with Gasteiger partial charge in [-0.1, -0.05) is 100.0 Å². The summed E-state index contributed by atoms with van der Waals surface area (Å²) in [6, 6.07) is 24.7. The summed E-state index contributed by atoms with van der Waals surface area (Å²) >= 11 is 6.24. The number of ether oxygens (including phenoxy) is 1. The molecular formula is C38H39ClN2O4. The van der Waals surface area contributed by atoms with E-state index in [-0.39, 0.29) is 34.9 Å². The largest absolute Gasteiger partial charge is 0.483 e. The lowest BCUT2D eigenvalue weighted by Crippen LogP contribution is -2.44. The van der Waals surface area contributed by atoms with E-state index in [4.69, 9.17) is 16.3 Å². The highest BCUT2D eigenvalue weighted by molar-refractivity contribution is 6.33. The molecule has 7 heteroatoms. The van der Waals surface area contributed by atoms with Gasteiger partial charge in [0, 0.05) is 53.4 Å². The number of anilines is 1. The molecule has 3 aliphatic rings. The number of halogens is 1. The average molecular weight is 623 g/mol. The van der Waals surface area contributed by atoms with Gasteiger partial charge in [-0.15, -0.1) is 0 Å². The summed E-state index contributed by atoms with van der Waals surface area (Å²) in [5, 5.41) is 3.24. The van der Waals surface area contributed by atoms with E-state index in [9.17, 15) is 14.4 Å². The summed E-state index contributed by atoms with van der Waals surface area (Å²) in [6.45, 7) is 8.88. The fourth-order valence-electron chi connectivity index (χ4n) is 7.06. The van der Waals surface area contributed by atoms with Crippen LogP contribution in [0.5, 0.6) is 5.75 Å². The van der Waals surface area contributed by atoms with Crippen LogP contribution >= 0.6 is 11.6 Å². The maximum Gasteiger partial charge on any atom is 0.262 e. The molecule has 3 aromatic rings. The zero-order chi connectivity index (χ0) is 31.9. The second kappa shape index (κ2) is 12.0. The summed E-state index contributed by atoms with van der Waals surface area (Å²) in [4.78, 5) is 43.6. The molecule has 232 valence electrons. The number of nitrogens with one attached hydrogen (secondary N) is 1. The van der Waals surface area contributed by atoms with Gasteiger partial charge in [-0.2, -0.15) is 0 Å². The van der Waals surface area contributed by atoms with Crippen molar-refractivity contribution in [3.05, 3.63) is 118 Å². The number of allylic oxidation sites excluding steroid dienone is 4. The van der Waals surface area contributed by atoms with E-state index < -0.39 is 5.92 Å². The van der Waals surface area contributed by atoms with E-state index in [0.29, 0.717) is 59.8 Å². The molecule has 0 atom stereocenters. The van der Waals surface area contributed by atoms with Crippen molar-refractivity contribution in [2.75, 3.05) is 11.9 Å². The first-order valence-corrected chi connectivity index (χ1v) is 15.9. The first-order chi connectivity index (χ1) is 21.4. The average Bonchev–Trinajstić information content (AvgIpc) is 2.97. The van der Waals surface area contributed by atoms with Crippen LogP contribution in [-0.2, 0) is 20.9 Å². The first-order valence-electron chi connectivity index (χ1n) is 15.5. The second-order valence-corrected chi connectivity index (χ2v) is 14.4. The highest BCUT2D eigenvalue weighted by atomic mass is 35.5. The standard InChI is InChI=1S/C38H39ClN2O4/c1-37(2)18-28-35(30(42)20-37)34(25-14-8-11-17-32(25)45-23-33(44)40-27-16-10-9-15-26(27)39)36-29(19-38(3,4)21-31(36)43)41(28)22-24-12-6-5-7-13-24/h5-17,34H,18-23H2,1-4H3,(H,40,44). The molecule has 1 N–H and O–H groups in total. The summed E-state index contributed by atoms with van der Waals surface area (Å²) in [7, 11) is 0. The predicted octanol–water partition coefficient (Wildman–Crippen LogP) is 8.24. The minimum absolute atomic E-state index is 0.0553. The number of para-hydroxylation sites is 2. The molecule has 45 heavy (non-hydrogen) atoms. The topological polar surface area (TPSA) is 75.7 Å². The molecule has 3 aromatic carbocycles. The maximum atomic E-state index is 14.2. The van der Waals surface area contributed by atoms with Gasteiger partial charge in [0.15, 0.2) is 18.2 Å². The van der Waals surface area contributed by atoms with Crippen molar-refractivity contribution in [3.8, 4) is 5.75 Å². The lowest BCUT2D eigenvalue weighted by molar-refractivity contribution is -0.120. The summed E-state index contributed by atoms with van der Waals surface area (Å²) in [5.74, 6) is -0.347. The maximum absolute atomic E-state index is 14.2. The van der Waals surface area contributed by atoms with Crippen LogP contribution in [0.3, 0.4) is 0 Å². The number of nitrogens with zero attached hydrogens (tertiary/aromatic N) is 1. The number of ketones is 2. The Labute approximate surface area is 270 Å². The Bertz CT molecular complexity index is 1680. The van der Waals surface area contributed by atoms with Crippen molar-refractivity contribution in [2.24, 2.45) is 10.8 Å². The summed E-state index contributed by atoms with van der Waals surface area (Å²) < 4.78 is 6.16. The fraction of sp³-hybridized carbons (Fsp3) is 0.342. The van der Waals surface area contributed by atoms with Gasteiger partial charge in [0.25, 0.3) is 5.91 Å². The second-order valence-electron chi connectivity index (χ2n) is 14.0. The Morgan fingerprint density at radius 3 is 1.98 bits per heavy atom. The van der Waals surface area contributed by atoms with Crippen LogP contribution in [0.15, 0.2) is 101 Å². The van der Waals surface area contributed by atoms with Crippen LogP contribution in [0, 0.1) is 10.8 Å². The smallest absolute Gasteiger partial charge is 0.262 e. The van der Waals surface area contributed by atoms with E-state index in [1.165, 1.54) is 0 Å². The molecule has 0 radical (unpaired) electrons. The van der Waals surface area contributed by atoms with Crippen LogP contribution in [0.1, 0.15) is 70.4 Å². The van der Waals surface area contributed by atoms with Crippen molar-refractivity contribution in [2.45, 2.75) is 65.8 Å². The van der Waals surface area contributed by atoms with Crippen molar-refractivity contribution in [1.82, 2.24) is 4.90 Å². The van der Waals surface area contributed by atoms with E-state index >= 15 is 0 Å². The van der Waals surface area contributed by atoms with Crippen molar-refractivity contribution in [1.29, 1.82) is 0 Å². The monoisotopic (exact) mass is 622 g/mol. The van der Waals surface area contributed by atoms with Gasteiger partial charge in [-0.25, -0.2) is 0 Å². The van der Waals surface area contributed by atoms with Crippen LogP contribution < -0.4 is 10.1 Å². The number of Topliss-reactive ketones (excluding diaryl/α,β-unsaturated/α-hetero) is 2. The number of hydrogen-bond donors (Lipinski definition) is 1. The van der Waals surface area contributed by atoms with Gasteiger partial charge < -0.3 is 15.0 Å². The quantitative estimate of drug-likeness (QED) is 0.287. The number of carbonyl (C=O) groups is 3. The Balaban J connectivity index is 1.45. The molecule has 0 aromatic heterocycles. The van der Waals surface area contributed by atoms with Crippen LogP contribution in [-0.4, -0.2) is 29.0 Å². The van der Waals surface area contributed by atoms with E-state index in [1.807, 2.05) is 42.5 Å². The van der Waals surface area contributed by atoms with Gasteiger partial charge in [0.1, 0.15) is 5.75 Å². The zero-order valence-electron chi connectivity index (χ0n) is 26.3. The first kappa shape index (κ1) is 30.8. The normalized spacial score (nSPS) is 19.3.